The molecule has 0 spiro atoms. The van der Waals surface area contributed by atoms with Crippen molar-refractivity contribution in [1.29, 1.82) is 0 Å². The van der Waals surface area contributed by atoms with Crippen molar-refractivity contribution in [2.75, 3.05) is 11.9 Å². The average Bonchev–Trinajstić information content (AvgIpc) is 3.16. The number of thiocarbonyl (C=S) groups is 1. The molecule has 0 atom stereocenters. The van der Waals surface area contributed by atoms with Crippen molar-refractivity contribution < 1.29 is 14.5 Å². The van der Waals surface area contributed by atoms with Crippen molar-refractivity contribution in [3.63, 3.8) is 0 Å². The van der Waals surface area contributed by atoms with Gasteiger partial charge >= 0.3 is 0 Å². The van der Waals surface area contributed by atoms with Crippen LogP contribution in [-0.4, -0.2) is 32.5 Å². The Morgan fingerprint density at radius 3 is 2.24 bits per heavy atom. The molecule has 1 aliphatic heterocycles. The van der Waals surface area contributed by atoms with Crippen LogP contribution in [0.1, 0.15) is 18.4 Å². The molecule has 4 aromatic carbocycles. The number of amides is 2. The van der Waals surface area contributed by atoms with Crippen molar-refractivity contribution in [2.24, 2.45) is 0 Å². The number of nitrogens with zero attached hydrogens (tertiary/aromatic N) is 2. The number of thioether (sulfide) groups is 1. The normalized spacial score (nSPS) is 14.6. The molecule has 0 unspecified atom stereocenters. The van der Waals surface area contributed by atoms with E-state index in [-0.39, 0.29) is 23.9 Å². The van der Waals surface area contributed by atoms with Gasteiger partial charge in [-0.1, -0.05) is 72.5 Å². The summed E-state index contributed by atoms with van der Waals surface area (Å²) >= 11 is 6.76. The standard InChI is InChI=1S/C28H21N3O4S2/c32-26(29-20-11-13-21(14-12-20)31(34)35)10-5-15-30-27(33)25(37-28(30)36)17-24-22-8-3-1-6-18(22)16-19-7-2-4-9-23(19)24/h1-4,6-9,11-14,16-17H,5,10,15H2,(H,29,32)/b25-17-. The molecule has 0 bridgehead atoms. The minimum Gasteiger partial charge on any atom is -0.326 e. The van der Waals surface area contributed by atoms with Gasteiger partial charge in [-0.05, 0) is 57.8 Å². The molecule has 1 fully saturated rings. The zero-order valence-electron chi connectivity index (χ0n) is 19.5. The molecule has 4 aromatic rings. The molecule has 1 aliphatic rings. The molecule has 1 N–H and O–H groups in total. The third kappa shape index (κ3) is 5.23. The van der Waals surface area contributed by atoms with Crippen molar-refractivity contribution in [3.8, 4) is 0 Å². The summed E-state index contributed by atoms with van der Waals surface area (Å²) in [6.07, 6.45) is 2.53. The van der Waals surface area contributed by atoms with Crippen LogP contribution >= 0.6 is 24.0 Å². The van der Waals surface area contributed by atoms with E-state index in [0.29, 0.717) is 27.9 Å². The molecular formula is C28H21N3O4S2. The summed E-state index contributed by atoms with van der Waals surface area (Å²) in [6, 6.07) is 24.0. The lowest BCUT2D eigenvalue weighted by Crippen LogP contribution is -2.29. The molecule has 0 aliphatic carbocycles. The fraction of sp³-hybridized carbons (Fsp3) is 0.107. The summed E-state index contributed by atoms with van der Waals surface area (Å²) in [5, 5.41) is 17.8. The Balaban J connectivity index is 1.28. The number of nitro groups is 1. The Morgan fingerprint density at radius 2 is 1.62 bits per heavy atom. The van der Waals surface area contributed by atoms with Crippen molar-refractivity contribution in [1.82, 2.24) is 4.90 Å². The zero-order chi connectivity index (χ0) is 25.9. The van der Waals surface area contributed by atoms with Gasteiger partial charge in [0.25, 0.3) is 11.6 Å². The number of nitro benzene ring substituents is 1. The molecule has 0 radical (unpaired) electrons. The molecule has 0 saturated carbocycles. The lowest BCUT2D eigenvalue weighted by atomic mass is 9.96. The van der Waals surface area contributed by atoms with Crippen LogP contribution in [0, 0.1) is 10.1 Å². The summed E-state index contributed by atoms with van der Waals surface area (Å²) < 4.78 is 0.469. The second kappa shape index (κ2) is 10.5. The quantitative estimate of drug-likeness (QED) is 0.0967. The van der Waals surface area contributed by atoms with E-state index in [4.69, 9.17) is 12.2 Å². The van der Waals surface area contributed by atoms with Gasteiger partial charge in [-0.2, -0.15) is 0 Å². The molecule has 1 saturated heterocycles. The Kier molecular flexibility index (Phi) is 6.98. The van der Waals surface area contributed by atoms with Crippen LogP contribution in [0.15, 0.2) is 83.8 Å². The first-order valence-electron chi connectivity index (χ1n) is 11.6. The smallest absolute Gasteiger partial charge is 0.269 e. The van der Waals surface area contributed by atoms with Crippen molar-refractivity contribution in [3.05, 3.63) is 99.4 Å². The molecule has 37 heavy (non-hydrogen) atoms. The zero-order valence-corrected chi connectivity index (χ0v) is 21.2. The van der Waals surface area contributed by atoms with Gasteiger partial charge in [0.15, 0.2) is 0 Å². The van der Waals surface area contributed by atoms with E-state index >= 15 is 0 Å². The molecule has 1 heterocycles. The van der Waals surface area contributed by atoms with Crippen LogP contribution < -0.4 is 5.32 Å². The largest absolute Gasteiger partial charge is 0.326 e. The van der Waals surface area contributed by atoms with Crippen LogP contribution in [0.3, 0.4) is 0 Å². The number of carbonyl (C=O) groups excluding carboxylic acids is 2. The second-order valence-electron chi connectivity index (χ2n) is 8.52. The number of carbonyl (C=O) groups is 2. The molecule has 2 amide bonds. The molecule has 7 nitrogen and oxygen atoms in total. The number of non-ortho nitro benzene ring substituents is 1. The fourth-order valence-electron chi connectivity index (χ4n) is 4.32. The topological polar surface area (TPSA) is 92.6 Å². The highest BCUT2D eigenvalue weighted by Gasteiger charge is 2.32. The predicted octanol–water partition coefficient (Wildman–Crippen LogP) is 6.52. The first-order chi connectivity index (χ1) is 17.9. The Labute approximate surface area is 222 Å². The average molecular weight is 528 g/mol. The van der Waals surface area contributed by atoms with Gasteiger partial charge in [0, 0.05) is 30.8 Å². The van der Waals surface area contributed by atoms with Crippen LogP contribution in [0.25, 0.3) is 27.6 Å². The molecule has 0 aromatic heterocycles. The monoisotopic (exact) mass is 527 g/mol. The third-order valence-corrected chi connectivity index (χ3v) is 7.49. The molecule has 5 rings (SSSR count). The van der Waals surface area contributed by atoms with Crippen LogP contribution in [0.2, 0.25) is 0 Å². The van der Waals surface area contributed by atoms with Gasteiger partial charge in [0.05, 0.1) is 9.83 Å². The fourth-order valence-corrected chi connectivity index (χ4v) is 5.61. The maximum absolute atomic E-state index is 13.2. The second-order valence-corrected chi connectivity index (χ2v) is 10.2. The molecular weight excluding hydrogens is 506 g/mol. The maximum Gasteiger partial charge on any atom is 0.269 e. The predicted molar refractivity (Wildman–Crippen MR) is 152 cm³/mol. The Morgan fingerprint density at radius 1 is 1.00 bits per heavy atom. The summed E-state index contributed by atoms with van der Waals surface area (Å²) in [5.41, 5.74) is 1.42. The Hall–Kier alpha value is -4.08. The molecule has 9 heteroatoms. The van der Waals surface area contributed by atoms with Crippen molar-refractivity contribution >= 4 is 79.1 Å². The molecule has 184 valence electrons. The number of hydrogen-bond acceptors (Lipinski definition) is 6. The number of nitrogens with one attached hydrogen (secondary N) is 1. The third-order valence-electron chi connectivity index (χ3n) is 6.11. The number of anilines is 1. The van der Waals surface area contributed by atoms with E-state index in [0.717, 1.165) is 27.1 Å². The van der Waals surface area contributed by atoms with E-state index < -0.39 is 4.92 Å². The SMILES string of the molecule is O=C(CCCN1C(=O)/C(=C/c2c3ccccc3cc3ccccc23)SC1=S)Nc1ccc([N+](=O)[O-])cc1. The van der Waals surface area contributed by atoms with E-state index in [1.54, 1.807) is 0 Å². The van der Waals surface area contributed by atoms with Crippen molar-refractivity contribution in [2.45, 2.75) is 12.8 Å². The van der Waals surface area contributed by atoms with Gasteiger partial charge in [0.2, 0.25) is 5.91 Å². The number of benzene rings is 4. The summed E-state index contributed by atoms with van der Waals surface area (Å²) in [4.78, 5) is 37.9. The number of hydrogen-bond donors (Lipinski definition) is 1. The summed E-state index contributed by atoms with van der Waals surface area (Å²) in [6.45, 7) is 0.325. The van der Waals surface area contributed by atoms with Gasteiger partial charge in [-0.15, -0.1) is 0 Å². The first-order valence-corrected chi connectivity index (χ1v) is 12.8. The highest BCUT2D eigenvalue weighted by atomic mass is 32.2. The van der Waals surface area contributed by atoms with Crippen LogP contribution in [0.5, 0.6) is 0 Å². The van der Waals surface area contributed by atoms with Gasteiger partial charge in [-0.3, -0.25) is 24.6 Å². The highest BCUT2D eigenvalue weighted by molar-refractivity contribution is 8.26. The Bertz CT molecular complexity index is 1540. The van der Waals surface area contributed by atoms with Gasteiger partial charge in [0.1, 0.15) is 4.32 Å². The minimum absolute atomic E-state index is 0.0445. The van der Waals surface area contributed by atoms with E-state index in [2.05, 4.69) is 35.6 Å². The van der Waals surface area contributed by atoms with Crippen LogP contribution in [-0.2, 0) is 9.59 Å². The summed E-state index contributed by atoms with van der Waals surface area (Å²) in [7, 11) is 0. The number of rotatable bonds is 7. The highest BCUT2D eigenvalue weighted by Crippen LogP contribution is 2.36. The maximum atomic E-state index is 13.2. The van der Waals surface area contributed by atoms with Crippen LogP contribution in [0.4, 0.5) is 11.4 Å². The van der Waals surface area contributed by atoms with E-state index in [1.807, 2.05) is 30.3 Å². The minimum atomic E-state index is -0.495. The summed E-state index contributed by atoms with van der Waals surface area (Å²) in [5.74, 6) is -0.403. The lowest BCUT2D eigenvalue weighted by Gasteiger charge is -2.14. The lowest BCUT2D eigenvalue weighted by molar-refractivity contribution is -0.384. The van der Waals surface area contributed by atoms with E-state index in [9.17, 15) is 19.7 Å². The van der Waals surface area contributed by atoms with Gasteiger partial charge < -0.3 is 5.32 Å². The number of fused-ring (bicyclic) bond motifs is 2. The van der Waals surface area contributed by atoms with E-state index in [1.165, 1.54) is 40.9 Å². The first kappa shape index (κ1) is 24.6. The van der Waals surface area contributed by atoms with Gasteiger partial charge in [-0.25, -0.2) is 0 Å².